The highest BCUT2D eigenvalue weighted by Gasteiger charge is 2.10. The second-order valence-electron chi connectivity index (χ2n) is 20.3. The Morgan fingerprint density at radius 2 is 0.736 bits per heavy atom. The minimum Gasteiger partial charge on any atom is -0.494 e. The Bertz CT molecular complexity index is 4140. The predicted molar refractivity (Wildman–Crippen MR) is 360 cm³/mol. The van der Waals surface area contributed by atoms with Gasteiger partial charge in [-0.1, -0.05) is 124 Å². The molecule has 0 atom stereocenters. The molecule has 0 spiro atoms. The molecule has 0 saturated heterocycles. The summed E-state index contributed by atoms with van der Waals surface area (Å²) in [4.78, 5) is 44.9. The predicted octanol–water partition coefficient (Wildman–Crippen LogP) is 15.2. The quantitative estimate of drug-likeness (QED) is 0.0135. The molecule has 0 bridgehead atoms. The molecule has 0 saturated carbocycles. The third-order valence-electron chi connectivity index (χ3n) is 13.8. The molecule has 0 radical (unpaired) electrons. The van der Waals surface area contributed by atoms with E-state index in [9.17, 15) is 19.2 Å². The molecule has 0 unspecified atom stereocenters. The van der Waals surface area contributed by atoms with Gasteiger partial charge in [0.25, 0.3) is 0 Å². The number of carbonyl (C=O) groups is 4. The van der Waals surface area contributed by atoms with Crippen molar-refractivity contribution in [3.8, 4) is 70.4 Å². The highest BCUT2D eigenvalue weighted by molar-refractivity contribution is 5.96. The smallest absolute Gasteiger partial charge is 0.335 e. The zero-order chi connectivity index (χ0) is 64.4. The number of rotatable bonds is 25. The molecule has 0 aliphatic carbocycles. The van der Waals surface area contributed by atoms with Crippen molar-refractivity contribution in [2.75, 3.05) is 39.6 Å². The molecule has 0 heterocycles. The molecule has 0 aromatic heterocycles. The lowest BCUT2D eigenvalue weighted by Crippen LogP contribution is -2.06. The monoisotopic (exact) mass is 1210 g/mol. The SMILES string of the molecule is C=CC(=O)OCCCCCCOc1ccc2cc(C#Cc3ccc(C#Cc4ccc(OC(=O)C=C)c5ccccc45)cc3CC)ccc2c1.C=CC(=O)OCCCOc1ccc(C#Cc2ccc(C#Cc3ccc(OCCCOC(=O)C=C)cc3)c(CC)c2)cc1. The van der Waals surface area contributed by atoms with Gasteiger partial charge in [0.2, 0.25) is 0 Å². The summed E-state index contributed by atoms with van der Waals surface area (Å²) in [6.45, 7) is 20.4. The van der Waals surface area contributed by atoms with E-state index in [1.807, 2.05) is 115 Å². The fraction of sp³-hybridized carbons (Fsp3) is 0.200. The maximum Gasteiger partial charge on any atom is 0.335 e. The summed E-state index contributed by atoms with van der Waals surface area (Å²) in [6.07, 6.45) is 11.3. The molecule has 8 rings (SSSR count). The van der Waals surface area contributed by atoms with E-state index in [0.29, 0.717) is 58.2 Å². The molecule has 91 heavy (non-hydrogen) atoms. The van der Waals surface area contributed by atoms with Crippen molar-refractivity contribution in [3.05, 3.63) is 264 Å². The van der Waals surface area contributed by atoms with E-state index in [0.717, 1.165) is 151 Å². The van der Waals surface area contributed by atoms with E-state index < -0.39 is 17.9 Å². The first-order valence-corrected chi connectivity index (χ1v) is 30.2. The maximum absolute atomic E-state index is 11.8. The molecule has 8 aromatic carbocycles. The third kappa shape index (κ3) is 22.5. The summed E-state index contributed by atoms with van der Waals surface area (Å²) in [5.74, 6) is 27.3. The number of carbonyl (C=O) groups excluding carboxylic acids is 4. The molecule has 0 fully saturated rings. The van der Waals surface area contributed by atoms with E-state index in [1.165, 1.54) is 6.08 Å². The van der Waals surface area contributed by atoms with Gasteiger partial charge < -0.3 is 33.2 Å². The summed E-state index contributed by atoms with van der Waals surface area (Å²) in [6, 6.07) is 51.1. The minimum atomic E-state index is -0.498. The van der Waals surface area contributed by atoms with Crippen LogP contribution in [-0.2, 0) is 46.2 Å². The average Bonchev–Trinajstić information content (AvgIpc) is 1.00. The number of ether oxygens (including phenoxy) is 7. The summed E-state index contributed by atoms with van der Waals surface area (Å²) >= 11 is 0. The molecule has 458 valence electrons. The van der Waals surface area contributed by atoms with Gasteiger partial charge in [-0.25, -0.2) is 19.2 Å². The van der Waals surface area contributed by atoms with Gasteiger partial charge in [0.05, 0.1) is 39.6 Å². The van der Waals surface area contributed by atoms with E-state index >= 15 is 0 Å². The van der Waals surface area contributed by atoms with Gasteiger partial charge in [-0.05, 0) is 182 Å². The van der Waals surface area contributed by atoms with Crippen molar-refractivity contribution in [2.24, 2.45) is 0 Å². The second kappa shape index (κ2) is 36.8. The summed E-state index contributed by atoms with van der Waals surface area (Å²) in [7, 11) is 0. The fourth-order valence-electron chi connectivity index (χ4n) is 8.96. The standard InChI is InChI=1S/C44H38O5.C36H34O6/c1-4-34-29-32(17-21-36-24-26-42(49-44(46)6-3)41-14-10-9-13-40(36)41)15-19-35(34)20-16-33-18-22-38-31-39(25-23-37(38)30-33)47-27-11-7-8-12-28-48-43(45)5-2;1-4-31-27-30(10-9-28-13-19-33(20-14-28)39-23-7-25-41-35(37)5-2)12-18-32(31)17-11-29-15-21-34(22-16-29)40-24-8-26-42-36(38)6-3/h5-6,9-10,13-15,18-19,22-26,29-31H,2-4,7-8,11-12,27-28H2,1H3;5-6,12-16,18-22,27H,2-4,7-8,23-26H2,1H3. The van der Waals surface area contributed by atoms with Crippen molar-refractivity contribution in [1.29, 1.82) is 0 Å². The number of benzene rings is 8. The highest BCUT2D eigenvalue weighted by atomic mass is 16.5. The van der Waals surface area contributed by atoms with Gasteiger partial charge in [0.15, 0.2) is 0 Å². The molecular formula is C80H72O11. The van der Waals surface area contributed by atoms with Crippen molar-refractivity contribution < 1.29 is 52.3 Å². The van der Waals surface area contributed by atoms with Crippen LogP contribution in [0.4, 0.5) is 0 Å². The average molecular weight is 1210 g/mol. The highest BCUT2D eigenvalue weighted by Crippen LogP contribution is 2.29. The molecule has 0 aliphatic rings. The number of fused-ring (bicyclic) bond motifs is 2. The van der Waals surface area contributed by atoms with Crippen LogP contribution in [0.5, 0.6) is 23.0 Å². The van der Waals surface area contributed by atoms with Gasteiger partial charge in [-0.2, -0.15) is 0 Å². The molecule has 11 nitrogen and oxygen atoms in total. The molecule has 8 aromatic rings. The van der Waals surface area contributed by atoms with Crippen LogP contribution in [0.3, 0.4) is 0 Å². The van der Waals surface area contributed by atoms with Gasteiger partial charge in [-0.3, -0.25) is 0 Å². The Balaban J connectivity index is 0.000000262. The van der Waals surface area contributed by atoms with Gasteiger partial charge >= 0.3 is 23.9 Å². The minimum absolute atomic E-state index is 0.293. The molecule has 0 aliphatic heterocycles. The van der Waals surface area contributed by atoms with Crippen LogP contribution >= 0.6 is 0 Å². The first-order valence-electron chi connectivity index (χ1n) is 30.2. The normalized spacial score (nSPS) is 10.0. The van der Waals surface area contributed by atoms with E-state index in [-0.39, 0.29) is 5.97 Å². The Morgan fingerprint density at radius 3 is 1.27 bits per heavy atom. The molecule has 0 amide bonds. The van der Waals surface area contributed by atoms with E-state index in [4.69, 9.17) is 33.2 Å². The van der Waals surface area contributed by atoms with Crippen LogP contribution in [-0.4, -0.2) is 63.5 Å². The topological polar surface area (TPSA) is 133 Å². The number of hydrogen-bond donors (Lipinski definition) is 0. The molecular weight excluding hydrogens is 1140 g/mol. The van der Waals surface area contributed by atoms with Crippen molar-refractivity contribution >= 4 is 45.4 Å². The first kappa shape index (κ1) is 67.3. The van der Waals surface area contributed by atoms with Gasteiger partial charge in [0, 0.05) is 92.4 Å². The Morgan fingerprint density at radius 1 is 0.352 bits per heavy atom. The van der Waals surface area contributed by atoms with Crippen LogP contribution in [0.15, 0.2) is 208 Å². The van der Waals surface area contributed by atoms with Crippen LogP contribution < -0.4 is 18.9 Å². The first-order chi connectivity index (χ1) is 44.5. The van der Waals surface area contributed by atoms with Gasteiger partial charge in [-0.15, -0.1) is 0 Å². The Hall–Kier alpha value is -11.2. The lowest BCUT2D eigenvalue weighted by Gasteiger charge is -2.08. The summed E-state index contributed by atoms with van der Waals surface area (Å²) < 4.78 is 37.6. The lowest BCUT2D eigenvalue weighted by atomic mass is 10.0. The summed E-state index contributed by atoms with van der Waals surface area (Å²) in [5.41, 5.74) is 9.61. The van der Waals surface area contributed by atoms with E-state index in [2.05, 4.69) is 124 Å². The second-order valence-corrected chi connectivity index (χ2v) is 20.3. The van der Waals surface area contributed by atoms with Crippen LogP contribution in [0.1, 0.15) is 108 Å². The van der Waals surface area contributed by atoms with Crippen LogP contribution in [0.2, 0.25) is 0 Å². The van der Waals surface area contributed by atoms with Crippen molar-refractivity contribution in [1.82, 2.24) is 0 Å². The Kier molecular flexibility index (Phi) is 27.2. The molecule has 0 N–H and O–H groups in total. The molecule has 11 heteroatoms. The Labute approximate surface area is 534 Å². The number of esters is 4. The van der Waals surface area contributed by atoms with Crippen LogP contribution in [0, 0.1) is 47.4 Å². The number of hydrogen-bond acceptors (Lipinski definition) is 11. The van der Waals surface area contributed by atoms with Crippen molar-refractivity contribution in [2.45, 2.75) is 65.2 Å². The largest absolute Gasteiger partial charge is 0.494 e. The fourth-order valence-corrected chi connectivity index (χ4v) is 8.96. The zero-order valence-electron chi connectivity index (χ0n) is 51.5. The maximum atomic E-state index is 11.8. The number of aryl methyl sites for hydroxylation is 2. The van der Waals surface area contributed by atoms with E-state index in [1.54, 1.807) is 6.07 Å². The lowest BCUT2D eigenvalue weighted by molar-refractivity contribution is -0.138. The van der Waals surface area contributed by atoms with Crippen LogP contribution in [0.25, 0.3) is 21.5 Å². The number of unbranched alkanes of at least 4 members (excludes halogenated alkanes) is 3. The third-order valence-corrected chi connectivity index (χ3v) is 13.8. The zero-order valence-corrected chi connectivity index (χ0v) is 51.5. The van der Waals surface area contributed by atoms with Crippen molar-refractivity contribution in [3.63, 3.8) is 0 Å². The van der Waals surface area contributed by atoms with Gasteiger partial charge in [0.1, 0.15) is 23.0 Å². The summed E-state index contributed by atoms with van der Waals surface area (Å²) in [5, 5.41) is 3.94.